The number of nitrogens with zero attached hydrogens (tertiary/aromatic N) is 1. The van der Waals surface area contributed by atoms with Gasteiger partial charge in [-0.3, -0.25) is 9.59 Å². The van der Waals surface area contributed by atoms with E-state index in [1.54, 1.807) is 42.5 Å². The van der Waals surface area contributed by atoms with E-state index in [9.17, 15) is 9.59 Å². The molecule has 0 radical (unpaired) electrons. The van der Waals surface area contributed by atoms with Crippen LogP contribution >= 0.6 is 11.6 Å². The molecule has 1 fully saturated rings. The smallest absolute Gasteiger partial charge is 0.262 e. The summed E-state index contributed by atoms with van der Waals surface area (Å²) in [5.74, 6) is 0.782. The molecule has 1 saturated heterocycles. The monoisotopic (exact) mass is 414 g/mol. The number of hydrogen-bond acceptors (Lipinski definition) is 4. The molecule has 4 rings (SSSR count). The van der Waals surface area contributed by atoms with Crippen molar-refractivity contribution in [2.75, 3.05) is 25.1 Å². The van der Waals surface area contributed by atoms with Gasteiger partial charge < -0.3 is 19.7 Å². The fraction of sp³-hybridized carbons (Fsp3) is 0.364. The number of hydrogen-bond donors (Lipinski definition) is 1. The van der Waals surface area contributed by atoms with Crippen LogP contribution < -0.4 is 14.8 Å². The second kappa shape index (κ2) is 8.74. The Balaban J connectivity index is 1.44. The van der Waals surface area contributed by atoms with Crippen molar-refractivity contribution in [3.8, 4) is 11.5 Å². The van der Waals surface area contributed by atoms with Gasteiger partial charge in [0.05, 0.1) is 12.2 Å². The SMILES string of the molecule is O=C(COc1ccc(Cl)cc1)Nc1ccc2c(c1)C(=O)N1CCCCC1CCO2. The minimum atomic E-state index is -0.310. The third-order valence-corrected chi connectivity index (χ3v) is 5.53. The second-order valence-electron chi connectivity index (χ2n) is 7.29. The zero-order chi connectivity index (χ0) is 20.2. The molecule has 0 bridgehead atoms. The van der Waals surface area contributed by atoms with Crippen molar-refractivity contribution in [2.45, 2.75) is 31.7 Å². The second-order valence-corrected chi connectivity index (χ2v) is 7.72. The van der Waals surface area contributed by atoms with Crippen LogP contribution in [0.5, 0.6) is 11.5 Å². The molecule has 1 atom stereocenters. The van der Waals surface area contributed by atoms with E-state index in [0.29, 0.717) is 34.4 Å². The van der Waals surface area contributed by atoms with Gasteiger partial charge in [0.1, 0.15) is 11.5 Å². The summed E-state index contributed by atoms with van der Waals surface area (Å²) in [5.41, 5.74) is 1.03. The summed E-state index contributed by atoms with van der Waals surface area (Å²) in [7, 11) is 0. The lowest BCUT2D eigenvalue weighted by molar-refractivity contribution is -0.118. The Bertz CT molecular complexity index is 900. The summed E-state index contributed by atoms with van der Waals surface area (Å²) >= 11 is 5.84. The highest BCUT2D eigenvalue weighted by atomic mass is 35.5. The first-order chi connectivity index (χ1) is 14.1. The first-order valence-corrected chi connectivity index (χ1v) is 10.2. The van der Waals surface area contributed by atoms with E-state index < -0.39 is 0 Å². The lowest BCUT2D eigenvalue weighted by Gasteiger charge is -2.37. The molecule has 2 aliphatic rings. The maximum atomic E-state index is 13.1. The zero-order valence-corrected chi connectivity index (χ0v) is 16.8. The molecule has 0 aromatic heterocycles. The zero-order valence-electron chi connectivity index (χ0n) is 16.0. The number of piperidine rings is 1. The lowest BCUT2D eigenvalue weighted by Crippen LogP contribution is -2.45. The summed E-state index contributed by atoms with van der Waals surface area (Å²) in [5, 5.41) is 3.39. The van der Waals surface area contributed by atoms with Crippen LogP contribution in [0.25, 0.3) is 0 Å². The number of amides is 2. The molecule has 29 heavy (non-hydrogen) atoms. The van der Waals surface area contributed by atoms with E-state index in [1.165, 1.54) is 0 Å². The molecule has 0 aliphatic carbocycles. The van der Waals surface area contributed by atoms with Crippen molar-refractivity contribution in [2.24, 2.45) is 0 Å². The highest BCUT2D eigenvalue weighted by Gasteiger charge is 2.31. The fourth-order valence-corrected chi connectivity index (χ4v) is 3.93. The number of anilines is 1. The number of fused-ring (bicyclic) bond motifs is 2. The minimum Gasteiger partial charge on any atom is -0.493 e. The van der Waals surface area contributed by atoms with Crippen LogP contribution in [0.3, 0.4) is 0 Å². The first-order valence-electron chi connectivity index (χ1n) is 9.86. The molecule has 152 valence electrons. The Morgan fingerprint density at radius 3 is 2.83 bits per heavy atom. The molecule has 2 aromatic rings. The largest absolute Gasteiger partial charge is 0.493 e. The topological polar surface area (TPSA) is 67.9 Å². The van der Waals surface area contributed by atoms with Gasteiger partial charge in [-0.2, -0.15) is 0 Å². The summed E-state index contributed by atoms with van der Waals surface area (Å²) in [6.45, 7) is 1.22. The van der Waals surface area contributed by atoms with Gasteiger partial charge in [-0.1, -0.05) is 11.6 Å². The number of halogens is 1. The van der Waals surface area contributed by atoms with Gasteiger partial charge in [0.25, 0.3) is 11.8 Å². The average Bonchev–Trinajstić information content (AvgIpc) is 2.73. The van der Waals surface area contributed by atoms with Crippen LogP contribution in [0.1, 0.15) is 36.0 Å². The lowest BCUT2D eigenvalue weighted by atomic mass is 9.97. The van der Waals surface area contributed by atoms with Crippen LogP contribution in [0, 0.1) is 0 Å². The Kier molecular flexibility index (Phi) is 5.90. The predicted octanol–water partition coefficient (Wildman–Crippen LogP) is 4.13. The van der Waals surface area contributed by atoms with E-state index in [0.717, 1.165) is 32.2 Å². The van der Waals surface area contributed by atoms with E-state index in [1.807, 2.05) is 4.90 Å². The number of carbonyl (C=O) groups excluding carboxylic acids is 2. The number of benzene rings is 2. The Labute approximate surface area is 174 Å². The van der Waals surface area contributed by atoms with Crippen LogP contribution in [0.2, 0.25) is 5.02 Å². The minimum absolute atomic E-state index is 0.0297. The van der Waals surface area contributed by atoms with E-state index in [-0.39, 0.29) is 24.5 Å². The summed E-state index contributed by atoms with van der Waals surface area (Å²) < 4.78 is 11.3. The van der Waals surface area contributed by atoms with E-state index in [4.69, 9.17) is 21.1 Å². The number of ether oxygens (including phenoxy) is 2. The van der Waals surface area contributed by atoms with Crippen LogP contribution in [-0.4, -0.2) is 42.5 Å². The van der Waals surface area contributed by atoms with Crippen LogP contribution in [0.4, 0.5) is 5.69 Å². The van der Waals surface area contributed by atoms with Crippen molar-refractivity contribution in [3.05, 3.63) is 53.1 Å². The van der Waals surface area contributed by atoms with E-state index >= 15 is 0 Å². The first kappa shape index (κ1) is 19.6. The summed E-state index contributed by atoms with van der Waals surface area (Å²) in [6.07, 6.45) is 4.04. The number of nitrogens with one attached hydrogen (secondary N) is 1. The Hall–Kier alpha value is -2.73. The van der Waals surface area contributed by atoms with Crippen LogP contribution in [-0.2, 0) is 4.79 Å². The molecule has 6 nitrogen and oxygen atoms in total. The van der Waals surface area contributed by atoms with Gasteiger partial charge in [0.15, 0.2) is 6.61 Å². The Morgan fingerprint density at radius 2 is 2.00 bits per heavy atom. The summed E-state index contributed by atoms with van der Waals surface area (Å²) in [6, 6.07) is 12.2. The molecular formula is C22H23ClN2O4. The number of rotatable bonds is 4. The maximum absolute atomic E-state index is 13.1. The standard InChI is InChI=1S/C22H23ClN2O4/c23-15-4-7-18(8-5-15)29-14-21(26)24-16-6-9-20-19(13-16)22(27)25-11-2-1-3-17(25)10-12-28-20/h4-9,13,17H,1-3,10-12,14H2,(H,24,26). The van der Waals surface area contributed by atoms with Gasteiger partial charge in [-0.25, -0.2) is 0 Å². The highest BCUT2D eigenvalue weighted by molar-refractivity contribution is 6.30. The maximum Gasteiger partial charge on any atom is 0.262 e. The molecule has 0 saturated carbocycles. The molecule has 2 aliphatic heterocycles. The normalized spacial score (nSPS) is 18.6. The van der Waals surface area contributed by atoms with E-state index in [2.05, 4.69) is 5.32 Å². The van der Waals surface area contributed by atoms with Gasteiger partial charge in [-0.05, 0) is 61.7 Å². The fourth-order valence-electron chi connectivity index (χ4n) is 3.81. The predicted molar refractivity (Wildman–Crippen MR) is 111 cm³/mol. The molecular weight excluding hydrogens is 392 g/mol. The van der Waals surface area contributed by atoms with Gasteiger partial charge in [0.2, 0.25) is 0 Å². The molecule has 7 heteroatoms. The Morgan fingerprint density at radius 1 is 1.17 bits per heavy atom. The highest BCUT2D eigenvalue weighted by Crippen LogP contribution is 2.31. The molecule has 0 spiro atoms. The third kappa shape index (κ3) is 4.65. The summed E-state index contributed by atoms with van der Waals surface area (Å²) in [4.78, 5) is 27.3. The van der Waals surface area contributed by atoms with Gasteiger partial charge in [0, 0.05) is 29.7 Å². The molecule has 1 N–H and O–H groups in total. The molecule has 2 amide bonds. The van der Waals surface area contributed by atoms with Crippen molar-refractivity contribution >= 4 is 29.1 Å². The van der Waals surface area contributed by atoms with Crippen molar-refractivity contribution < 1.29 is 19.1 Å². The third-order valence-electron chi connectivity index (χ3n) is 5.27. The average molecular weight is 415 g/mol. The van der Waals surface area contributed by atoms with Crippen molar-refractivity contribution in [1.82, 2.24) is 4.90 Å². The van der Waals surface area contributed by atoms with Crippen LogP contribution in [0.15, 0.2) is 42.5 Å². The quantitative estimate of drug-likeness (QED) is 0.816. The van der Waals surface area contributed by atoms with Crippen molar-refractivity contribution in [1.29, 1.82) is 0 Å². The molecule has 2 heterocycles. The number of carbonyl (C=O) groups is 2. The van der Waals surface area contributed by atoms with Gasteiger partial charge in [-0.15, -0.1) is 0 Å². The van der Waals surface area contributed by atoms with Gasteiger partial charge >= 0.3 is 0 Å². The molecule has 2 aromatic carbocycles. The molecule has 1 unspecified atom stereocenters. The van der Waals surface area contributed by atoms with Crippen molar-refractivity contribution in [3.63, 3.8) is 0 Å².